The molecule has 0 aliphatic rings. The largest absolute Gasteiger partial charge is 0.497 e. The van der Waals surface area contributed by atoms with Gasteiger partial charge in [-0.3, -0.25) is 4.57 Å². The van der Waals surface area contributed by atoms with Crippen molar-refractivity contribution in [3.63, 3.8) is 0 Å². The summed E-state index contributed by atoms with van der Waals surface area (Å²) >= 11 is 0. The highest BCUT2D eigenvalue weighted by atomic mass is 16.5. The van der Waals surface area contributed by atoms with Crippen LogP contribution in [0.2, 0.25) is 0 Å². The molecule has 20 heavy (non-hydrogen) atoms. The third-order valence-corrected chi connectivity index (χ3v) is 3.13. The number of methoxy groups -OCH3 is 1. The number of amides is 1. The molecular weight excluding hydrogens is 252 g/mol. The molecule has 2 aromatic carbocycles. The fourth-order valence-corrected chi connectivity index (χ4v) is 2.06. The van der Waals surface area contributed by atoms with Crippen LogP contribution in [0.15, 0.2) is 60.9 Å². The van der Waals surface area contributed by atoms with Crippen LogP contribution in [-0.4, -0.2) is 17.7 Å². The zero-order chi connectivity index (χ0) is 13.9. The Morgan fingerprint density at radius 1 is 1.00 bits per heavy atom. The fraction of sp³-hybridized carbons (Fsp3) is 0.0625. The number of rotatable bonds is 2. The Kier molecular flexibility index (Phi) is 3.13. The van der Waals surface area contributed by atoms with Crippen molar-refractivity contribution in [1.29, 1.82) is 0 Å². The van der Waals surface area contributed by atoms with Crippen molar-refractivity contribution in [2.24, 2.45) is 0 Å². The van der Waals surface area contributed by atoms with E-state index in [-0.39, 0.29) is 6.03 Å². The smallest absolute Gasteiger partial charge is 0.329 e. The number of nitrogens with one attached hydrogen (secondary N) is 1. The lowest BCUT2D eigenvalue weighted by Gasteiger charge is -2.06. The van der Waals surface area contributed by atoms with E-state index in [9.17, 15) is 4.79 Å². The highest BCUT2D eigenvalue weighted by Gasteiger charge is 2.06. The predicted octanol–water partition coefficient (Wildman–Crippen LogP) is 3.73. The molecule has 1 heterocycles. The van der Waals surface area contributed by atoms with Gasteiger partial charge in [0, 0.05) is 18.1 Å². The van der Waals surface area contributed by atoms with Crippen molar-refractivity contribution in [2.75, 3.05) is 12.4 Å². The second kappa shape index (κ2) is 5.09. The van der Waals surface area contributed by atoms with Crippen molar-refractivity contribution in [3.05, 3.63) is 60.9 Å². The minimum Gasteiger partial charge on any atom is -0.497 e. The molecule has 3 aromatic rings. The first-order chi connectivity index (χ1) is 9.76. The first-order valence-electron chi connectivity index (χ1n) is 6.28. The van der Waals surface area contributed by atoms with Crippen molar-refractivity contribution in [2.45, 2.75) is 0 Å². The second-order valence-corrected chi connectivity index (χ2v) is 4.45. The third kappa shape index (κ3) is 2.36. The number of hydrogen-bond acceptors (Lipinski definition) is 2. The lowest BCUT2D eigenvalue weighted by atomic mass is 10.2. The van der Waals surface area contributed by atoms with E-state index in [4.69, 9.17) is 4.74 Å². The summed E-state index contributed by atoms with van der Waals surface area (Å²) < 4.78 is 6.63. The van der Waals surface area contributed by atoms with E-state index in [1.165, 1.54) is 0 Å². The SMILES string of the molecule is COc1ccc(NC(=O)n2cc3ccccc3c2)cc1. The van der Waals surface area contributed by atoms with Crippen LogP contribution in [0.1, 0.15) is 0 Å². The summed E-state index contributed by atoms with van der Waals surface area (Å²) in [5.41, 5.74) is 0.730. The zero-order valence-corrected chi connectivity index (χ0v) is 11.0. The molecule has 0 radical (unpaired) electrons. The molecule has 3 rings (SSSR count). The molecule has 4 nitrogen and oxygen atoms in total. The predicted molar refractivity (Wildman–Crippen MR) is 79.3 cm³/mol. The molecule has 0 aliphatic carbocycles. The van der Waals surface area contributed by atoms with Crippen LogP contribution in [0.25, 0.3) is 10.8 Å². The van der Waals surface area contributed by atoms with E-state index in [2.05, 4.69) is 5.32 Å². The first kappa shape index (κ1) is 12.3. The quantitative estimate of drug-likeness (QED) is 0.768. The van der Waals surface area contributed by atoms with Gasteiger partial charge in [-0.05, 0) is 35.0 Å². The Morgan fingerprint density at radius 2 is 1.60 bits per heavy atom. The number of nitrogens with zero attached hydrogens (tertiary/aromatic N) is 1. The van der Waals surface area contributed by atoms with Crippen LogP contribution in [0.4, 0.5) is 10.5 Å². The maximum atomic E-state index is 12.2. The number of carbonyl (C=O) groups excluding carboxylic acids is 1. The van der Waals surface area contributed by atoms with Gasteiger partial charge in [-0.15, -0.1) is 0 Å². The summed E-state index contributed by atoms with van der Waals surface area (Å²) in [6.45, 7) is 0. The summed E-state index contributed by atoms with van der Waals surface area (Å²) in [6, 6.07) is 14.9. The van der Waals surface area contributed by atoms with Gasteiger partial charge in [-0.1, -0.05) is 24.3 Å². The number of hydrogen-bond donors (Lipinski definition) is 1. The molecule has 100 valence electrons. The molecule has 0 spiro atoms. The van der Waals surface area contributed by atoms with Gasteiger partial charge in [0.15, 0.2) is 0 Å². The van der Waals surface area contributed by atoms with Crippen molar-refractivity contribution >= 4 is 22.5 Å². The van der Waals surface area contributed by atoms with Gasteiger partial charge in [0.05, 0.1) is 7.11 Å². The normalized spacial score (nSPS) is 10.4. The van der Waals surface area contributed by atoms with Crippen molar-refractivity contribution in [1.82, 2.24) is 4.57 Å². The van der Waals surface area contributed by atoms with Crippen LogP contribution in [0.3, 0.4) is 0 Å². The van der Waals surface area contributed by atoms with Gasteiger partial charge < -0.3 is 10.1 Å². The molecule has 1 N–H and O–H groups in total. The summed E-state index contributed by atoms with van der Waals surface area (Å²) in [7, 11) is 1.61. The highest BCUT2D eigenvalue weighted by Crippen LogP contribution is 2.17. The first-order valence-corrected chi connectivity index (χ1v) is 6.28. The van der Waals surface area contributed by atoms with Crippen molar-refractivity contribution in [3.8, 4) is 5.75 Å². The minimum absolute atomic E-state index is 0.189. The van der Waals surface area contributed by atoms with Crippen LogP contribution < -0.4 is 10.1 Å². The zero-order valence-electron chi connectivity index (χ0n) is 11.0. The van der Waals surface area contributed by atoms with Crippen LogP contribution in [-0.2, 0) is 0 Å². The molecule has 1 aromatic heterocycles. The summed E-state index contributed by atoms with van der Waals surface area (Å²) in [4.78, 5) is 12.2. The Hall–Kier alpha value is -2.75. The Balaban J connectivity index is 1.81. The van der Waals surface area contributed by atoms with E-state index in [0.29, 0.717) is 0 Å². The standard InChI is InChI=1S/C16H14N2O2/c1-20-15-8-6-14(7-9-15)17-16(19)18-10-12-4-2-3-5-13(12)11-18/h2-11H,1H3,(H,17,19). The minimum atomic E-state index is -0.189. The lowest BCUT2D eigenvalue weighted by Crippen LogP contribution is -2.17. The molecule has 0 atom stereocenters. The van der Waals surface area contributed by atoms with Crippen LogP contribution in [0.5, 0.6) is 5.75 Å². The van der Waals surface area contributed by atoms with E-state index in [1.807, 2.05) is 48.8 Å². The monoisotopic (exact) mass is 266 g/mol. The lowest BCUT2D eigenvalue weighted by molar-refractivity contribution is 0.253. The van der Waals surface area contributed by atoms with E-state index in [0.717, 1.165) is 22.2 Å². The maximum Gasteiger partial charge on any atom is 0.329 e. The fourth-order valence-electron chi connectivity index (χ4n) is 2.06. The molecule has 0 saturated carbocycles. The van der Waals surface area contributed by atoms with Crippen molar-refractivity contribution < 1.29 is 9.53 Å². The number of anilines is 1. The van der Waals surface area contributed by atoms with Gasteiger partial charge in [-0.25, -0.2) is 4.79 Å². The van der Waals surface area contributed by atoms with Gasteiger partial charge in [0.1, 0.15) is 5.75 Å². The average Bonchev–Trinajstić information content (AvgIpc) is 2.92. The topological polar surface area (TPSA) is 43.3 Å². The van der Waals surface area contributed by atoms with Gasteiger partial charge in [-0.2, -0.15) is 0 Å². The van der Waals surface area contributed by atoms with Crippen LogP contribution in [0, 0.1) is 0 Å². The molecule has 0 aliphatic heterocycles. The number of aromatic nitrogens is 1. The number of benzene rings is 2. The molecule has 0 unspecified atom stereocenters. The number of ether oxygens (including phenoxy) is 1. The summed E-state index contributed by atoms with van der Waals surface area (Å²) in [5.74, 6) is 0.759. The second-order valence-electron chi connectivity index (χ2n) is 4.45. The molecule has 0 fully saturated rings. The number of carbonyl (C=O) groups is 1. The van der Waals surface area contributed by atoms with Gasteiger partial charge in [0.2, 0.25) is 0 Å². The number of fused-ring (bicyclic) bond motifs is 1. The molecule has 0 bridgehead atoms. The van der Waals surface area contributed by atoms with Gasteiger partial charge >= 0.3 is 6.03 Å². The molecule has 0 saturated heterocycles. The average molecular weight is 266 g/mol. The Morgan fingerprint density at radius 3 is 2.15 bits per heavy atom. The van der Waals surface area contributed by atoms with Crippen LogP contribution >= 0.6 is 0 Å². The highest BCUT2D eigenvalue weighted by molar-refractivity contribution is 5.95. The third-order valence-electron chi connectivity index (χ3n) is 3.13. The maximum absolute atomic E-state index is 12.2. The Labute approximate surface area is 116 Å². The van der Waals surface area contributed by atoms with E-state index >= 15 is 0 Å². The van der Waals surface area contributed by atoms with E-state index < -0.39 is 0 Å². The Bertz CT molecular complexity index is 712. The summed E-state index contributed by atoms with van der Waals surface area (Å²) in [5, 5.41) is 4.92. The molecular formula is C16H14N2O2. The molecule has 1 amide bonds. The van der Waals surface area contributed by atoms with Gasteiger partial charge in [0.25, 0.3) is 0 Å². The summed E-state index contributed by atoms with van der Waals surface area (Å²) in [6.07, 6.45) is 3.63. The molecule has 4 heteroatoms. The van der Waals surface area contributed by atoms with E-state index in [1.54, 1.807) is 23.8 Å².